The van der Waals surface area contributed by atoms with Crippen molar-refractivity contribution >= 4 is 18.3 Å². The second-order valence-corrected chi connectivity index (χ2v) is 5.16. The van der Waals surface area contributed by atoms with Crippen LogP contribution in [0.3, 0.4) is 0 Å². The fourth-order valence-corrected chi connectivity index (χ4v) is 2.48. The number of hydrogen-bond donors (Lipinski definition) is 3. The summed E-state index contributed by atoms with van der Waals surface area (Å²) in [5.41, 5.74) is 1.87. The number of morpholine rings is 1. The van der Waals surface area contributed by atoms with Gasteiger partial charge in [0.1, 0.15) is 6.10 Å². The molecule has 0 spiro atoms. The maximum Gasteiger partial charge on any atom is 0.105 e. The van der Waals surface area contributed by atoms with Crippen LogP contribution in [-0.2, 0) is 4.74 Å². The summed E-state index contributed by atoms with van der Waals surface area (Å²) < 4.78 is 5.32. The van der Waals surface area contributed by atoms with Crippen molar-refractivity contribution in [2.24, 2.45) is 0 Å². The Morgan fingerprint density at radius 1 is 1.16 bits per heavy atom. The van der Waals surface area contributed by atoms with Gasteiger partial charge in [0.25, 0.3) is 0 Å². The van der Waals surface area contributed by atoms with E-state index in [0.29, 0.717) is 12.2 Å². The fraction of sp³-hybridized carbons (Fsp3) is 0.571. The highest BCUT2D eigenvalue weighted by molar-refractivity contribution is 7.80. The molecule has 1 fully saturated rings. The normalized spacial score (nSPS) is 19.2. The van der Waals surface area contributed by atoms with Crippen LogP contribution in [0, 0.1) is 0 Å². The van der Waals surface area contributed by atoms with Gasteiger partial charge in [-0.05, 0) is 29.9 Å². The first-order valence-electron chi connectivity index (χ1n) is 6.62. The molecular formula is C14H21NO3S. The number of aliphatic hydroxyl groups excluding tert-OH is 2. The van der Waals surface area contributed by atoms with Crippen molar-refractivity contribution in [3.63, 3.8) is 0 Å². The van der Waals surface area contributed by atoms with Crippen LogP contribution in [0.4, 0.5) is 5.69 Å². The molecule has 0 amide bonds. The van der Waals surface area contributed by atoms with Crippen molar-refractivity contribution < 1.29 is 14.9 Å². The summed E-state index contributed by atoms with van der Waals surface area (Å²) in [4.78, 5) is 2.25. The largest absolute Gasteiger partial charge is 0.390 e. The van der Waals surface area contributed by atoms with Crippen LogP contribution >= 0.6 is 12.6 Å². The van der Waals surface area contributed by atoms with Crippen LogP contribution in [-0.4, -0.2) is 48.4 Å². The SMILES string of the molecule is OC(CCS)C(O)c1ccc(N2CCOCC2)cc1. The molecule has 5 heteroatoms. The smallest absolute Gasteiger partial charge is 0.105 e. The van der Waals surface area contributed by atoms with Crippen molar-refractivity contribution in [2.75, 3.05) is 37.0 Å². The average molecular weight is 283 g/mol. The number of aliphatic hydroxyl groups is 2. The van der Waals surface area contributed by atoms with Crippen LogP contribution < -0.4 is 4.90 Å². The van der Waals surface area contributed by atoms with E-state index in [1.807, 2.05) is 24.3 Å². The van der Waals surface area contributed by atoms with Crippen molar-refractivity contribution in [3.8, 4) is 0 Å². The minimum absolute atomic E-state index is 0.482. The monoisotopic (exact) mass is 283 g/mol. The Kier molecular flexibility index (Phi) is 5.51. The highest BCUT2D eigenvalue weighted by Gasteiger charge is 2.18. The van der Waals surface area contributed by atoms with Crippen LogP contribution in [0.25, 0.3) is 0 Å². The highest BCUT2D eigenvalue weighted by atomic mass is 32.1. The quantitative estimate of drug-likeness (QED) is 0.712. The van der Waals surface area contributed by atoms with Gasteiger partial charge >= 0.3 is 0 Å². The van der Waals surface area contributed by atoms with E-state index in [9.17, 15) is 10.2 Å². The molecule has 1 aromatic carbocycles. The average Bonchev–Trinajstić information content (AvgIpc) is 2.48. The zero-order valence-corrected chi connectivity index (χ0v) is 11.8. The van der Waals surface area contributed by atoms with E-state index in [1.165, 1.54) is 0 Å². The number of ether oxygens (including phenoxy) is 1. The molecule has 0 radical (unpaired) electrons. The maximum absolute atomic E-state index is 10.0. The Hall–Kier alpha value is -0.750. The Morgan fingerprint density at radius 2 is 1.79 bits per heavy atom. The van der Waals surface area contributed by atoms with Gasteiger partial charge in [0.15, 0.2) is 0 Å². The topological polar surface area (TPSA) is 52.9 Å². The van der Waals surface area contributed by atoms with E-state index >= 15 is 0 Å². The molecule has 2 atom stereocenters. The lowest BCUT2D eigenvalue weighted by atomic mass is 10.0. The van der Waals surface area contributed by atoms with Crippen LogP contribution in [0.2, 0.25) is 0 Å². The Balaban J connectivity index is 2.01. The second kappa shape index (κ2) is 7.14. The predicted molar refractivity (Wildman–Crippen MR) is 78.9 cm³/mol. The molecule has 1 heterocycles. The molecule has 0 bridgehead atoms. The first kappa shape index (κ1) is 14.7. The van der Waals surface area contributed by atoms with E-state index in [0.717, 1.165) is 37.6 Å². The lowest BCUT2D eigenvalue weighted by Gasteiger charge is -2.29. The molecule has 0 aromatic heterocycles. The van der Waals surface area contributed by atoms with Gasteiger partial charge in [0.05, 0.1) is 19.3 Å². The van der Waals surface area contributed by atoms with Gasteiger partial charge in [-0.3, -0.25) is 0 Å². The summed E-state index contributed by atoms with van der Waals surface area (Å²) in [7, 11) is 0. The molecule has 106 valence electrons. The predicted octanol–water partition coefficient (Wildman–Crippen LogP) is 1.24. The molecule has 1 aromatic rings. The zero-order chi connectivity index (χ0) is 13.7. The Morgan fingerprint density at radius 3 is 2.37 bits per heavy atom. The van der Waals surface area contributed by atoms with Gasteiger partial charge in [0.2, 0.25) is 0 Å². The Bertz CT molecular complexity index is 379. The van der Waals surface area contributed by atoms with E-state index < -0.39 is 12.2 Å². The molecule has 2 unspecified atom stereocenters. The minimum Gasteiger partial charge on any atom is -0.390 e. The number of hydrogen-bond acceptors (Lipinski definition) is 5. The third kappa shape index (κ3) is 3.86. The van der Waals surface area contributed by atoms with Gasteiger partial charge in [0, 0.05) is 18.8 Å². The second-order valence-electron chi connectivity index (χ2n) is 4.72. The molecule has 2 rings (SSSR count). The number of benzene rings is 1. The molecule has 0 aliphatic carbocycles. The van der Waals surface area contributed by atoms with E-state index in [4.69, 9.17) is 4.74 Å². The summed E-state index contributed by atoms with van der Waals surface area (Å²) in [6.45, 7) is 3.30. The summed E-state index contributed by atoms with van der Waals surface area (Å²) in [6, 6.07) is 7.71. The first-order valence-corrected chi connectivity index (χ1v) is 7.25. The van der Waals surface area contributed by atoms with Crippen LogP contribution in [0.5, 0.6) is 0 Å². The molecule has 19 heavy (non-hydrogen) atoms. The van der Waals surface area contributed by atoms with Crippen molar-refractivity contribution in [1.82, 2.24) is 0 Å². The van der Waals surface area contributed by atoms with Gasteiger partial charge in [-0.25, -0.2) is 0 Å². The molecule has 1 aliphatic heterocycles. The van der Waals surface area contributed by atoms with Crippen LogP contribution in [0.1, 0.15) is 18.1 Å². The first-order chi connectivity index (χ1) is 9.22. The third-order valence-corrected chi connectivity index (χ3v) is 3.66. The van der Waals surface area contributed by atoms with Crippen LogP contribution in [0.15, 0.2) is 24.3 Å². The molecule has 2 N–H and O–H groups in total. The number of rotatable bonds is 5. The molecule has 4 nitrogen and oxygen atoms in total. The van der Waals surface area contributed by atoms with E-state index in [2.05, 4.69) is 17.5 Å². The molecule has 0 saturated carbocycles. The molecule has 1 aliphatic rings. The number of nitrogens with zero attached hydrogens (tertiary/aromatic N) is 1. The van der Waals surface area contributed by atoms with Crippen molar-refractivity contribution in [1.29, 1.82) is 0 Å². The third-order valence-electron chi connectivity index (χ3n) is 3.40. The lowest BCUT2D eigenvalue weighted by molar-refractivity contribution is 0.0172. The number of thiol groups is 1. The minimum atomic E-state index is -0.842. The van der Waals surface area contributed by atoms with E-state index in [1.54, 1.807) is 0 Å². The standard InChI is InChI=1S/C14H21NO3S/c16-13(5-10-19)14(17)11-1-3-12(4-2-11)15-6-8-18-9-7-15/h1-4,13-14,16-17,19H,5-10H2. The van der Waals surface area contributed by atoms with Crippen molar-refractivity contribution in [3.05, 3.63) is 29.8 Å². The zero-order valence-electron chi connectivity index (χ0n) is 10.9. The molecular weight excluding hydrogens is 262 g/mol. The van der Waals surface area contributed by atoms with Gasteiger partial charge in [-0.15, -0.1) is 0 Å². The summed E-state index contributed by atoms with van der Waals surface area (Å²) >= 11 is 4.06. The Labute approximate surface area is 119 Å². The fourth-order valence-electron chi connectivity index (χ4n) is 2.22. The van der Waals surface area contributed by atoms with Crippen molar-refractivity contribution in [2.45, 2.75) is 18.6 Å². The maximum atomic E-state index is 10.0. The van der Waals surface area contributed by atoms with E-state index in [-0.39, 0.29) is 0 Å². The lowest BCUT2D eigenvalue weighted by Crippen LogP contribution is -2.36. The summed E-state index contributed by atoms with van der Waals surface area (Å²) in [6.07, 6.45) is -1.12. The summed E-state index contributed by atoms with van der Waals surface area (Å²) in [5.74, 6) is 0.560. The highest BCUT2D eigenvalue weighted by Crippen LogP contribution is 2.23. The molecule has 1 saturated heterocycles. The van der Waals surface area contributed by atoms with Gasteiger partial charge in [-0.2, -0.15) is 12.6 Å². The number of anilines is 1. The summed E-state index contributed by atoms with van der Waals surface area (Å²) in [5, 5.41) is 19.8. The van der Waals surface area contributed by atoms with Gasteiger partial charge < -0.3 is 19.8 Å². The van der Waals surface area contributed by atoms with Gasteiger partial charge in [-0.1, -0.05) is 12.1 Å².